The lowest BCUT2D eigenvalue weighted by molar-refractivity contribution is -0.120. The summed E-state index contributed by atoms with van der Waals surface area (Å²) in [5.74, 6) is -0.308. The van der Waals surface area contributed by atoms with Crippen molar-refractivity contribution in [3.63, 3.8) is 0 Å². The van der Waals surface area contributed by atoms with Gasteiger partial charge in [-0.1, -0.05) is 54.6 Å². The summed E-state index contributed by atoms with van der Waals surface area (Å²) in [6, 6.07) is 16.6. The van der Waals surface area contributed by atoms with E-state index < -0.39 is 12.1 Å². The Morgan fingerprint density at radius 3 is 2.00 bits per heavy atom. The third kappa shape index (κ3) is 2.20. The zero-order valence-corrected chi connectivity index (χ0v) is 10.1. The monoisotopic (exact) mass is 252 g/mol. The second kappa shape index (κ2) is 4.57. The molecule has 2 aromatic rings. The van der Waals surface area contributed by atoms with Gasteiger partial charge in [0.2, 0.25) is 0 Å². The molecule has 0 saturated carbocycles. The van der Waals surface area contributed by atoms with Crippen LogP contribution in [0.2, 0.25) is 0 Å². The van der Waals surface area contributed by atoms with Gasteiger partial charge in [-0.2, -0.15) is 0 Å². The molecule has 0 aromatic heterocycles. The van der Waals surface area contributed by atoms with Crippen LogP contribution in [0.3, 0.4) is 0 Å². The van der Waals surface area contributed by atoms with Gasteiger partial charge in [0.15, 0.2) is 0 Å². The Morgan fingerprint density at radius 1 is 0.789 bits per heavy atom. The van der Waals surface area contributed by atoms with E-state index >= 15 is 0 Å². The Kier molecular flexibility index (Phi) is 2.76. The third-order valence-corrected chi connectivity index (χ3v) is 3.13. The highest BCUT2D eigenvalue weighted by atomic mass is 16.2. The summed E-state index contributed by atoms with van der Waals surface area (Å²) >= 11 is 0. The van der Waals surface area contributed by atoms with E-state index in [0.29, 0.717) is 0 Å². The van der Waals surface area contributed by atoms with Crippen LogP contribution < -0.4 is 10.6 Å². The highest BCUT2D eigenvalue weighted by Gasteiger charge is 2.30. The van der Waals surface area contributed by atoms with Crippen molar-refractivity contribution in [2.75, 3.05) is 0 Å². The summed E-state index contributed by atoms with van der Waals surface area (Å²) in [5.41, 5.74) is 2.98. The summed E-state index contributed by atoms with van der Waals surface area (Å²) in [4.78, 5) is 22.6. The van der Waals surface area contributed by atoms with Gasteiger partial charge < -0.3 is 5.32 Å². The summed E-state index contributed by atoms with van der Waals surface area (Å²) in [7, 11) is 0. The third-order valence-electron chi connectivity index (χ3n) is 3.13. The maximum absolute atomic E-state index is 11.5. The first-order valence-electron chi connectivity index (χ1n) is 6.01. The van der Waals surface area contributed by atoms with Crippen LogP contribution >= 0.6 is 0 Å². The van der Waals surface area contributed by atoms with Gasteiger partial charge in [-0.3, -0.25) is 10.1 Å². The molecule has 1 fully saturated rings. The van der Waals surface area contributed by atoms with Crippen molar-refractivity contribution in [3.8, 4) is 11.1 Å². The number of hydrogen-bond acceptors (Lipinski definition) is 2. The second-order valence-electron chi connectivity index (χ2n) is 4.38. The average Bonchev–Trinajstić information content (AvgIpc) is 2.79. The molecule has 1 atom stereocenters. The van der Waals surface area contributed by atoms with Crippen molar-refractivity contribution < 1.29 is 9.59 Å². The Balaban J connectivity index is 1.87. The van der Waals surface area contributed by atoms with E-state index in [9.17, 15) is 9.59 Å². The molecule has 1 aliphatic heterocycles. The fourth-order valence-corrected chi connectivity index (χ4v) is 2.15. The summed E-state index contributed by atoms with van der Waals surface area (Å²) in [5, 5.41) is 4.80. The molecule has 0 bridgehead atoms. The molecule has 4 heteroatoms. The standard InChI is InChI=1S/C15H12N2O2/c18-14-13(16-15(19)17-14)12-8-6-11(7-9-12)10-4-2-1-3-5-10/h1-9,13H,(H2,16,17,18,19). The first-order valence-corrected chi connectivity index (χ1v) is 6.01. The van der Waals surface area contributed by atoms with Gasteiger partial charge in [-0.25, -0.2) is 4.79 Å². The molecule has 3 rings (SSSR count). The lowest BCUT2D eigenvalue weighted by atomic mass is 10.0. The molecule has 2 aromatic carbocycles. The van der Waals surface area contributed by atoms with Gasteiger partial charge in [0, 0.05) is 0 Å². The van der Waals surface area contributed by atoms with Gasteiger partial charge >= 0.3 is 6.03 Å². The predicted molar refractivity (Wildman–Crippen MR) is 71.3 cm³/mol. The topological polar surface area (TPSA) is 58.2 Å². The van der Waals surface area contributed by atoms with Crippen LogP contribution in [0.1, 0.15) is 11.6 Å². The Morgan fingerprint density at radius 2 is 1.42 bits per heavy atom. The van der Waals surface area contributed by atoms with E-state index in [-0.39, 0.29) is 5.91 Å². The van der Waals surface area contributed by atoms with Crippen molar-refractivity contribution in [2.24, 2.45) is 0 Å². The molecule has 0 aliphatic carbocycles. The zero-order valence-electron chi connectivity index (χ0n) is 10.1. The summed E-state index contributed by atoms with van der Waals surface area (Å²) in [6.07, 6.45) is 0. The molecule has 0 radical (unpaired) electrons. The fraction of sp³-hybridized carbons (Fsp3) is 0.0667. The van der Waals surface area contributed by atoms with Crippen LogP contribution in [0.25, 0.3) is 11.1 Å². The van der Waals surface area contributed by atoms with Crippen molar-refractivity contribution in [1.82, 2.24) is 10.6 Å². The van der Waals surface area contributed by atoms with Crippen molar-refractivity contribution in [3.05, 3.63) is 60.2 Å². The minimum absolute atomic E-state index is 0.308. The van der Waals surface area contributed by atoms with E-state index in [1.807, 2.05) is 54.6 Å². The number of amides is 3. The van der Waals surface area contributed by atoms with E-state index in [2.05, 4.69) is 10.6 Å². The normalized spacial score (nSPS) is 18.0. The number of benzene rings is 2. The van der Waals surface area contributed by atoms with Gasteiger partial charge in [0.25, 0.3) is 5.91 Å². The number of rotatable bonds is 2. The lowest BCUT2D eigenvalue weighted by Gasteiger charge is -2.08. The van der Waals surface area contributed by atoms with Crippen molar-refractivity contribution in [1.29, 1.82) is 0 Å². The maximum Gasteiger partial charge on any atom is 0.322 e. The lowest BCUT2D eigenvalue weighted by Crippen LogP contribution is -2.22. The molecule has 1 aliphatic rings. The largest absolute Gasteiger partial charge is 0.322 e. The molecular formula is C15H12N2O2. The molecule has 4 nitrogen and oxygen atoms in total. The molecule has 94 valence electrons. The number of carbonyl (C=O) groups is 2. The number of nitrogens with one attached hydrogen (secondary N) is 2. The van der Waals surface area contributed by atoms with Gasteiger partial charge in [0.1, 0.15) is 6.04 Å². The number of carbonyl (C=O) groups excluding carboxylic acids is 2. The van der Waals surface area contributed by atoms with Crippen LogP contribution in [0, 0.1) is 0 Å². The Labute approximate surface area is 110 Å². The quantitative estimate of drug-likeness (QED) is 0.805. The maximum atomic E-state index is 11.5. The smallest absolute Gasteiger partial charge is 0.322 e. The van der Waals surface area contributed by atoms with Crippen LogP contribution in [-0.4, -0.2) is 11.9 Å². The molecule has 1 heterocycles. The summed E-state index contributed by atoms with van der Waals surface area (Å²) in [6.45, 7) is 0. The first-order chi connectivity index (χ1) is 9.24. The first kappa shape index (κ1) is 11.5. The van der Waals surface area contributed by atoms with Gasteiger partial charge in [-0.15, -0.1) is 0 Å². The minimum atomic E-state index is -0.586. The summed E-state index contributed by atoms with van der Waals surface area (Å²) < 4.78 is 0. The van der Waals surface area contributed by atoms with Crippen molar-refractivity contribution >= 4 is 11.9 Å². The molecular weight excluding hydrogens is 240 g/mol. The fourth-order valence-electron chi connectivity index (χ4n) is 2.15. The highest BCUT2D eigenvalue weighted by molar-refractivity contribution is 6.04. The van der Waals surface area contributed by atoms with Crippen LogP contribution in [0.4, 0.5) is 4.79 Å². The van der Waals surface area contributed by atoms with Crippen molar-refractivity contribution in [2.45, 2.75) is 6.04 Å². The average molecular weight is 252 g/mol. The van der Waals surface area contributed by atoms with Crippen LogP contribution in [0.15, 0.2) is 54.6 Å². The van der Waals surface area contributed by atoms with E-state index in [0.717, 1.165) is 16.7 Å². The molecule has 19 heavy (non-hydrogen) atoms. The van der Waals surface area contributed by atoms with Crippen LogP contribution in [0.5, 0.6) is 0 Å². The molecule has 1 saturated heterocycles. The molecule has 0 spiro atoms. The molecule has 2 N–H and O–H groups in total. The molecule has 3 amide bonds. The Bertz CT molecular complexity index is 620. The second-order valence-corrected chi connectivity index (χ2v) is 4.38. The minimum Gasteiger partial charge on any atom is -0.322 e. The number of imide groups is 1. The Hall–Kier alpha value is -2.62. The molecule has 1 unspecified atom stereocenters. The van der Waals surface area contributed by atoms with Gasteiger partial charge in [-0.05, 0) is 16.7 Å². The predicted octanol–water partition coefficient (Wildman–Crippen LogP) is 2.23. The van der Waals surface area contributed by atoms with Crippen LogP contribution in [-0.2, 0) is 4.79 Å². The number of hydrogen-bond donors (Lipinski definition) is 2. The van der Waals surface area contributed by atoms with E-state index in [1.54, 1.807) is 0 Å². The van der Waals surface area contributed by atoms with Gasteiger partial charge in [0.05, 0.1) is 0 Å². The SMILES string of the molecule is O=C1NC(=O)C(c2ccc(-c3ccccc3)cc2)N1. The number of urea groups is 1. The van der Waals surface area contributed by atoms with E-state index in [1.165, 1.54) is 0 Å². The van der Waals surface area contributed by atoms with E-state index in [4.69, 9.17) is 0 Å². The highest BCUT2D eigenvalue weighted by Crippen LogP contribution is 2.23. The zero-order chi connectivity index (χ0) is 13.2.